The van der Waals surface area contributed by atoms with Crippen LogP contribution in [0, 0.1) is 5.92 Å². The molecular formula is C17H22N2O5S. The quantitative estimate of drug-likeness (QED) is 0.758. The minimum Gasteiger partial charge on any atom is -0.454 e. The Balaban J connectivity index is 1.47. The lowest BCUT2D eigenvalue weighted by molar-refractivity contribution is -0.129. The van der Waals surface area contributed by atoms with Gasteiger partial charge in [0, 0.05) is 25.0 Å². The van der Waals surface area contributed by atoms with Crippen molar-refractivity contribution in [1.82, 2.24) is 9.80 Å². The van der Waals surface area contributed by atoms with Crippen LogP contribution in [0.4, 0.5) is 0 Å². The van der Waals surface area contributed by atoms with Gasteiger partial charge in [-0.05, 0) is 31.8 Å². The van der Waals surface area contributed by atoms with Crippen molar-refractivity contribution >= 4 is 15.7 Å². The molecule has 25 heavy (non-hydrogen) atoms. The lowest BCUT2D eigenvalue weighted by atomic mass is 10.00. The number of benzene rings is 1. The van der Waals surface area contributed by atoms with E-state index in [1.807, 2.05) is 31.1 Å². The number of carbonyl (C=O) groups excluding carboxylic acids is 1. The van der Waals surface area contributed by atoms with Crippen molar-refractivity contribution in [2.75, 3.05) is 39.7 Å². The van der Waals surface area contributed by atoms with Gasteiger partial charge in [-0.25, -0.2) is 8.42 Å². The monoisotopic (exact) mass is 366 g/mol. The van der Waals surface area contributed by atoms with Crippen molar-refractivity contribution in [3.63, 3.8) is 0 Å². The zero-order valence-electron chi connectivity index (χ0n) is 14.3. The molecule has 3 heterocycles. The highest BCUT2D eigenvalue weighted by molar-refractivity contribution is 7.92. The Morgan fingerprint density at radius 2 is 2.00 bits per heavy atom. The summed E-state index contributed by atoms with van der Waals surface area (Å²) in [6.07, 6.45) is 0.239. The van der Waals surface area contributed by atoms with Crippen LogP contribution in [0.3, 0.4) is 0 Å². The van der Waals surface area contributed by atoms with E-state index in [-0.39, 0.29) is 36.8 Å². The van der Waals surface area contributed by atoms with E-state index in [0.29, 0.717) is 24.6 Å². The van der Waals surface area contributed by atoms with Gasteiger partial charge in [-0.2, -0.15) is 0 Å². The largest absolute Gasteiger partial charge is 0.454 e. The van der Waals surface area contributed by atoms with Gasteiger partial charge < -0.3 is 19.3 Å². The first kappa shape index (κ1) is 16.7. The first-order valence-electron chi connectivity index (χ1n) is 8.39. The molecule has 0 spiro atoms. The molecule has 7 nitrogen and oxygen atoms in total. The number of likely N-dealkylation sites (tertiary alicyclic amines) is 1. The second-order valence-corrected chi connectivity index (χ2v) is 9.49. The minimum absolute atomic E-state index is 0.000652. The maximum atomic E-state index is 12.7. The van der Waals surface area contributed by atoms with Gasteiger partial charge in [0.15, 0.2) is 21.3 Å². The molecule has 0 aliphatic carbocycles. The summed E-state index contributed by atoms with van der Waals surface area (Å²) in [5.74, 6) is 1.49. The lowest BCUT2D eigenvalue weighted by Crippen LogP contribution is -2.39. The molecule has 136 valence electrons. The zero-order chi connectivity index (χ0) is 17.8. The molecular weight excluding hydrogens is 344 g/mol. The van der Waals surface area contributed by atoms with E-state index in [4.69, 9.17) is 9.47 Å². The van der Waals surface area contributed by atoms with Crippen molar-refractivity contribution in [3.05, 3.63) is 23.8 Å². The van der Waals surface area contributed by atoms with E-state index in [1.54, 1.807) is 11.0 Å². The molecule has 0 radical (unpaired) electrons. The molecule has 2 saturated heterocycles. The Bertz CT molecular complexity index is 807. The molecule has 0 bridgehead atoms. The van der Waals surface area contributed by atoms with Crippen LogP contribution in [-0.2, 0) is 21.1 Å². The predicted molar refractivity (Wildman–Crippen MR) is 91.4 cm³/mol. The summed E-state index contributed by atoms with van der Waals surface area (Å²) in [6, 6.07) is 5.45. The summed E-state index contributed by atoms with van der Waals surface area (Å²) in [5, 5.41) is -0.430. The van der Waals surface area contributed by atoms with Crippen LogP contribution in [0.15, 0.2) is 18.2 Å². The normalized spacial score (nSPS) is 29.2. The molecule has 2 fully saturated rings. The standard InChI is InChI=1S/C17H22N2O5S/c1-18(2)13-9-25(21,22)16-8-19(7-12(13)16)17(20)6-11-3-4-14-15(5-11)24-10-23-14/h3-5,12-13,16H,6-10H2,1-2H3/t12-,13+,16-/m0/s1. The van der Waals surface area contributed by atoms with Gasteiger partial charge in [-0.3, -0.25) is 4.79 Å². The number of hydrogen-bond donors (Lipinski definition) is 0. The summed E-state index contributed by atoms with van der Waals surface area (Å²) in [6.45, 7) is 1.02. The first-order chi connectivity index (χ1) is 11.8. The van der Waals surface area contributed by atoms with Crippen LogP contribution >= 0.6 is 0 Å². The fourth-order valence-corrected chi connectivity index (χ4v) is 6.58. The highest BCUT2D eigenvalue weighted by atomic mass is 32.2. The summed E-state index contributed by atoms with van der Waals surface area (Å²) in [5.41, 5.74) is 0.846. The molecule has 3 atom stereocenters. The first-order valence-corrected chi connectivity index (χ1v) is 10.1. The molecule has 1 aromatic rings. The second kappa shape index (κ2) is 5.88. The van der Waals surface area contributed by atoms with Crippen LogP contribution in [0.1, 0.15) is 5.56 Å². The van der Waals surface area contributed by atoms with E-state index in [0.717, 1.165) is 5.56 Å². The van der Waals surface area contributed by atoms with Crippen LogP contribution in [0.2, 0.25) is 0 Å². The summed E-state index contributed by atoms with van der Waals surface area (Å²) < 4.78 is 35.5. The highest BCUT2D eigenvalue weighted by Gasteiger charge is 2.53. The highest BCUT2D eigenvalue weighted by Crippen LogP contribution is 2.36. The topological polar surface area (TPSA) is 76.2 Å². The van der Waals surface area contributed by atoms with Gasteiger partial charge in [0.25, 0.3) is 0 Å². The van der Waals surface area contributed by atoms with Gasteiger partial charge in [0.1, 0.15) is 0 Å². The van der Waals surface area contributed by atoms with Crippen LogP contribution in [-0.4, -0.2) is 75.1 Å². The summed E-state index contributed by atoms with van der Waals surface area (Å²) in [7, 11) is 0.667. The molecule has 8 heteroatoms. The van der Waals surface area contributed by atoms with E-state index < -0.39 is 15.1 Å². The fourth-order valence-electron chi connectivity index (χ4n) is 4.11. The van der Waals surface area contributed by atoms with E-state index in [9.17, 15) is 13.2 Å². The number of hydrogen-bond acceptors (Lipinski definition) is 6. The number of rotatable bonds is 3. The van der Waals surface area contributed by atoms with Crippen molar-refractivity contribution < 1.29 is 22.7 Å². The molecule has 4 rings (SSSR count). The van der Waals surface area contributed by atoms with Crippen LogP contribution < -0.4 is 9.47 Å². The van der Waals surface area contributed by atoms with Crippen molar-refractivity contribution in [2.45, 2.75) is 17.7 Å². The molecule has 1 aromatic carbocycles. The molecule has 0 N–H and O–H groups in total. The van der Waals surface area contributed by atoms with E-state index in [1.165, 1.54) is 0 Å². The van der Waals surface area contributed by atoms with Crippen LogP contribution in [0.5, 0.6) is 11.5 Å². The number of nitrogens with zero attached hydrogens (tertiary/aromatic N) is 2. The molecule has 0 saturated carbocycles. The van der Waals surface area contributed by atoms with Crippen molar-refractivity contribution in [1.29, 1.82) is 0 Å². The molecule has 0 unspecified atom stereocenters. The lowest BCUT2D eigenvalue weighted by Gasteiger charge is -2.25. The predicted octanol–water partition coefficient (Wildman–Crippen LogP) is 0.143. The third-order valence-corrected chi connectivity index (χ3v) is 7.70. The number of amides is 1. The SMILES string of the molecule is CN(C)[C@@H]1CS(=O)(=O)[C@H]2CN(C(=O)Cc3ccc4c(c3)OCO4)C[C@@H]12. The van der Waals surface area contributed by atoms with Crippen molar-refractivity contribution in [3.8, 4) is 11.5 Å². The molecule has 3 aliphatic rings. The maximum Gasteiger partial charge on any atom is 0.231 e. The number of carbonyl (C=O) groups is 1. The van der Waals surface area contributed by atoms with E-state index >= 15 is 0 Å². The Morgan fingerprint density at radius 3 is 2.76 bits per heavy atom. The number of sulfone groups is 1. The van der Waals surface area contributed by atoms with Gasteiger partial charge in [-0.1, -0.05) is 6.07 Å². The Kier molecular flexibility index (Phi) is 3.92. The maximum absolute atomic E-state index is 12.7. The Labute approximate surface area is 147 Å². The molecule has 0 aromatic heterocycles. The van der Waals surface area contributed by atoms with Crippen LogP contribution in [0.25, 0.3) is 0 Å². The minimum atomic E-state index is -3.14. The van der Waals surface area contributed by atoms with Gasteiger partial charge >= 0.3 is 0 Å². The summed E-state index contributed by atoms with van der Waals surface area (Å²) in [4.78, 5) is 16.3. The smallest absolute Gasteiger partial charge is 0.231 e. The fraction of sp³-hybridized carbons (Fsp3) is 0.588. The summed E-state index contributed by atoms with van der Waals surface area (Å²) >= 11 is 0. The van der Waals surface area contributed by atoms with E-state index in [2.05, 4.69) is 0 Å². The molecule has 1 amide bonds. The average Bonchev–Trinajstić information content (AvgIpc) is 3.23. The van der Waals surface area contributed by atoms with Gasteiger partial charge in [0.2, 0.25) is 12.7 Å². The van der Waals surface area contributed by atoms with Crippen molar-refractivity contribution in [2.24, 2.45) is 5.92 Å². The average molecular weight is 366 g/mol. The third-order valence-electron chi connectivity index (χ3n) is 5.48. The van der Waals surface area contributed by atoms with Gasteiger partial charge in [-0.15, -0.1) is 0 Å². The number of fused-ring (bicyclic) bond motifs is 2. The molecule has 3 aliphatic heterocycles. The zero-order valence-corrected chi connectivity index (χ0v) is 15.2. The Morgan fingerprint density at radius 1 is 1.24 bits per heavy atom. The third kappa shape index (κ3) is 2.87. The Hall–Kier alpha value is -1.80. The second-order valence-electron chi connectivity index (χ2n) is 7.23. The number of ether oxygens (including phenoxy) is 2. The van der Waals surface area contributed by atoms with Gasteiger partial charge in [0.05, 0.1) is 17.4 Å².